The van der Waals surface area contributed by atoms with Crippen molar-refractivity contribution in [1.82, 2.24) is 0 Å². The van der Waals surface area contributed by atoms with Crippen LogP contribution in [-0.4, -0.2) is 12.5 Å². The summed E-state index contributed by atoms with van der Waals surface area (Å²) in [6, 6.07) is 6.93. The molecule has 0 saturated heterocycles. The second-order valence-corrected chi connectivity index (χ2v) is 8.05. The zero-order valence-electron chi connectivity index (χ0n) is 10.5. The maximum atomic E-state index is 12.3. The summed E-state index contributed by atoms with van der Waals surface area (Å²) in [7, 11) is 0. The molecule has 3 nitrogen and oxygen atoms in total. The summed E-state index contributed by atoms with van der Waals surface area (Å²) in [6.45, 7) is 0.278. The molecule has 0 aliphatic heterocycles. The van der Waals surface area contributed by atoms with Crippen LogP contribution < -0.4 is 11.1 Å². The predicted molar refractivity (Wildman–Crippen MR) is 95.1 cm³/mol. The molecule has 0 aliphatic carbocycles. The summed E-state index contributed by atoms with van der Waals surface area (Å²) in [6.07, 6.45) is 0. The van der Waals surface area contributed by atoms with Crippen LogP contribution in [0.2, 0.25) is 5.02 Å². The number of thiophene rings is 1. The van der Waals surface area contributed by atoms with E-state index in [0.717, 1.165) is 13.1 Å². The molecule has 0 fully saturated rings. The Balaban J connectivity index is 2.26. The van der Waals surface area contributed by atoms with Crippen molar-refractivity contribution in [3.05, 3.63) is 48.0 Å². The van der Waals surface area contributed by atoms with Gasteiger partial charge in [0.25, 0.3) is 5.91 Å². The van der Waals surface area contributed by atoms with E-state index in [4.69, 9.17) is 17.3 Å². The van der Waals surface area contributed by atoms with Gasteiger partial charge in [-0.25, -0.2) is 0 Å². The highest BCUT2D eigenvalue weighted by molar-refractivity contribution is 9.12. The second kappa shape index (κ2) is 7.43. The van der Waals surface area contributed by atoms with Gasteiger partial charge in [-0.05, 0) is 56.1 Å². The predicted octanol–water partition coefficient (Wildman–Crippen LogP) is 4.49. The normalized spacial score (nSPS) is 9.90. The number of rotatable bonds is 2. The average molecular weight is 449 g/mol. The molecule has 0 radical (unpaired) electrons. The highest BCUT2D eigenvalue weighted by Gasteiger charge is 2.15. The van der Waals surface area contributed by atoms with E-state index in [1.807, 2.05) is 0 Å². The smallest absolute Gasteiger partial charge is 0.257 e. The van der Waals surface area contributed by atoms with Crippen molar-refractivity contribution in [2.24, 2.45) is 5.73 Å². The largest absolute Gasteiger partial charge is 0.321 e. The number of nitrogens with two attached hydrogens (primary N) is 1. The minimum atomic E-state index is -0.241. The fourth-order valence-corrected chi connectivity index (χ4v) is 4.49. The highest BCUT2D eigenvalue weighted by Crippen LogP contribution is 2.33. The summed E-state index contributed by atoms with van der Waals surface area (Å²) in [5, 5.41) is 3.23. The third-order valence-electron chi connectivity index (χ3n) is 2.45. The molecule has 1 amide bonds. The third-order valence-corrected chi connectivity index (χ3v) is 5.12. The van der Waals surface area contributed by atoms with Gasteiger partial charge in [0.2, 0.25) is 0 Å². The summed E-state index contributed by atoms with van der Waals surface area (Å²) >= 11 is 14.2. The van der Waals surface area contributed by atoms with Gasteiger partial charge in [-0.3, -0.25) is 4.79 Å². The van der Waals surface area contributed by atoms with Gasteiger partial charge in [-0.1, -0.05) is 23.4 Å². The van der Waals surface area contributed by atoms with Gasteiger partial charge in [-0.15, -0.1) is 11.3 Å². The highest BCUT2D eigenvalue weighted by atomic mass is 79.9. The Morgan fingerprint density at radius 2 is 2.14 bits per heavy atom. The third kappa shape index (κ3) is 4.31. The number of nitrogens with one attached hydrogen (secondary N) is 1. The molecule has 0 atom stereocenters. The van der Waals surface area contributed by atoms with Crippen LogP contribution >= 0.6 is 54.8 Å². The lowest BCUT2D eigenvalue weighted by Gasteiger charge is -2.07. The molecule has 108 valence electrons. The molecule has 1 aromatic heterocycles. The molecule has 21 heavy (non-hydrogen) atoms. The first-order valence-corrected chi connectivity index (χ1v) is 8.54. The molecule has 3 N–H and O–H groups in total. The first-order valence-electron chi connectivity index (χ1n) is 5.76. The average Bonchev–Trinajstić information content (AvgIpc) is 2.78. The van der Waals surface area contributed by atoms with E-state index in [1.54, 1.807) is 24.3 Å². The molecule has 7 heteroatoms. The Labute approximate surface area is 148 Å². The maximum Gasteiger partial charge on any atom is 0.257 e. The topological polar surface area (TPSA) is 55.1 Å². The Morgan fingerprint density at radius 1 is 1.38 bits per heavy atom. The van der Waals surface area contributed by atoms with Crippen molar-refractivity contribution in [2.45, 2.75) is 0 Å². The minimum Gasteiger partial charge on any atom is -0.321 e. The molecule has 0 unspecified atom stereocenters. The van der Waals surface area contributed by atoms with Crippen LogP contribution in [0.25, 0.3) is 0 Å². The lowest BCUT2D eigenvalue weighted by Crippen LogP contribution is -2.11. The quantitative estimate of drug-likeness (QED) is 0.665. The summed E-state index contributed by atoms with van der Waals surface area (Å²) < 4.78 is 1.62. The van der Waals surface area contributed by atoms with Gasteiger partial charge in [0, 0.05) is 5.56 Å². The van der Waals surface area contributed by atoms with E-state index in [2.05, 4.69) is 49.0 Å². The van der Waals surface area contributed by atoms with Crippen LogP contribution in [0.15, 0.2) is 31.8 Å². The lowest BCUT2D eigenvalue weighted by atomic mass is 10.2. The monoisotopic (exact) mass is 446 g/mol. The Morgan fingerprint density at radius 3 is 2.76 bits per heavy atom. The van der Waals surface area contributed by atoms with Crippen LogP contribution in [0.4, 0.5) is 5.69 Å². The van der Waals surface area contributed by atoms with Gasteiger partial charge in [0.05, 0.1) is 30.4 Å². The minimum absolute atomic E-state index is 0.241. The zero-order valence-corrected chi connectivity index (χ0v) is 15.3. The van der Waals surface area contributed by atoms with Gasteiger partial charge < -0.3 is 11.1 Å². The first kappa shape index (κ1) is 16.5. The van der Waals surface area contributed by atoms with Gasteiger partial charge in [0.1, 0.15) is 0 Å². The summed E-state index contributed by atoms with van der Waals surface area (Å²) in [5.74, 6) is 5.42. The van der Waals surface area contributed by atoms with Gasteiger partial charge >= 0.3 is 0 Å². The summed E-state index contributed by atoms with van der Waals surface area (Å²) in [4.78, 5) is 12.3. The van der Waals surface area contributed by atoms with Crippen LogP contribution in [0, 0.1) is 11.8 Å². The second-order valence-electron chi connectivity index (χ2n) is 3.89. The van der Waals surface area contributed by atoms with Crippen LogP contribution in [0.1, 0.15) is 15.9 Å². The maximum absolute atomic E-state index is 12.3. The van der Waals surface area contributed by atoms with Gasteiger partial charge in [-0.2, -0.15) is 0 Å². The molecule has 2 aromatic rings. The van der Waals surface area contributed by atoms with E-state index >= 15 is 0 Å². The molecular formula is C14H9Br2ClN2OS. The Hall–Kier alpha value is -0.840. The number of amides is 1. The fraction of sp³-hybridized carbons (Fsp3) is 0.0714. The van der Waals surface area contributed by atoms with E-state index in [9.17, 15) is 4.79 Å². The van der Waals surface area contributed by atoms with Crippen LogP contribution in [-0.2, 0) is 0 Å². The molecule has 1 heterocycles. The number of carbonyl (C=O) groups is 1. The fourth-order valence-electron chi connectivity index (χ4n) is 1.54. The molecule has 0 saturated carbocycles. The Kier molecular flexibility index (Phi) is 5.85. The lowest BCUT2D eigenvalue weighted by molar-refractivity contribution is 0.102. The van der Waals surface area contributed by atoms with Crippen molar-refractivity contribution in [3.63, 3.8) is 0 Å². The number of hydrogen-bond acceptors (Lipinski definition) is 3. The van der Waals surface area contributed by atoms with E-state index in [0.29, 0.717) is 16.3 Å². The molecule has 0 spiro atoms. The number of hydrogen-bond donors (Lipinski definition) is 2. The summed E-state index contributed by atoms with van der Waals surface area (Å²) in [5.41, 5.74) is 7.14. The number of halogens is 3. The molecule has 0 aliphatic rings. The SMILES string of the molecule is NCC#Cc1ccc(Cl)c(NC(=O)c2cc(Br)sc2Br)c1. The van der Waals surface area contributed by atoms with Gasteiger partial charge in [0.15, 0.2) is 0 Å². The molecular weight excluding hydrogens is 439 g/mol. The van der Waals surface area contributed by atoms with E-state index in [-0.39, 0.29) is 12.5 Å². The number of benzene rings is 1. The van der Waals surface area contributed by atoms with E-state index < -0.39 is 0 Å². The van der Waals surface area contributed by atoms with Crippen molar-refractivity contribution in [1.29, 1.82) is 0 Å². The zero-order chi connectivity index (χ0) is 15.4. The first-order chi connectivity index (χ1) is 10.0. The van der Waals surface area contributed by atoms with E-state index in [1.165, 1.54) is 11.3 Å². The van der Waals surface area contributed by atoms with Crippen molar-refractivity contribution >= 4 is 66.4 Å². The van der Waals surface area contributed by atoms with Crippen molar-refractivity contribution in [3.8, 4) is 11.8 Å². The molecule has 2 rings (SSSR count). The number of carbonyl (C=O) groups excluding carboxylic acids is 1. The Bertz CT molecular complexity index is 749. The van der Waals surface area contributed by atoms with Crippen LogP contribution in [0.3, 0.4) is 0 Å². The molecule has 0 bridgehead atoms. The van der Waals surface area contributed by atoms with Crippen molar-refractivity contribution in [2.75, 3.05) is 11.9 Å². The standard InChI is InChI=1S/C14H9Br2ClN2OS/c15-12-7-9(13(16)21-12)14(20)19-11-6-8(2-1-5-18)3-4-10(11)17/h3-4,6-7H,5,18H2,(H,19,20). The number of anilines is 1. The molecule has 1 aromatic carbocycles. The van der Waals surface area contributed by atoms with Crippen LogP contribution in [0.5, 0.6) is 0 Å². The van der Waals surface area contributed by atoms with Crippen molar-refractivity contribution < 1.29 is 4.79 Å².